The number of halogens is 1. The molecule has 1 aliphatic heterocycles. The fraction of sp³-hybridized carbons (Fsp3) is 0.375. The third kappa shape index (κ3) is 2.68. The molecule has 0 bridgehead atoms. The van der Waals surface area contributed by atoms with Crippen LogP contribution in [0.15, 0.2) is 35.3 Å². The Morgan fingerprint density at radius 2 is 2.04 bits per heavy atom. The molecule has 0 atom stereocenters. The van der Waals surface area contributed by atoms with Crippen LogP contribution in [-0.4, -0.2) is 37.7 Å². The van der Waals surface area contributed by atoms with E-state index >= 15 is 0 Å². The average molecular weight is 332 g/mol. The number of rotatable bonds is 3. The standard InChI is InChI=1S/C16H18ClN5O/c17-12-9-18-20-14(12)10-21-7-5-11(6-8-21)22-15-4-2-1-3-13(15)19-16(22)23/h1-4,9,11H,5-8,10H2,(H,18,20)(H,19,23). The van der Waals surface area contributed by atoms with Gasteiger partial charge in [0.2, 0.25) is 0 Å². The lowest BCUT2D eigenvalue weighted by Crippen LogP contribution is -2.36. The number of aromatic amines is 2. The maximum Gasteiger partial charge on any atom is 0.326 e. The molecule has 0 spiro atoms. The number of fused-ring (bicyclic) bond motifs is 1. The van der Waals surface area contributed by atoms with Crippen LogP contribution in [0.3, 0.4) is 0 Å². The molecule has 120 valence electrons. The van der Waals surface area contributed by atoms with Gasteiger partial charge in [-0.1, -0.05) is 23.7 Å². The van der Waals surface area contributed by atoms with Gasteiger partial charge in [-0.15, -0.1) is 0 Å². The lowest BCUT2D eigenvalue weighted by Gasteiger charge is -2.32. The smallest absolute Gasteiger partial charge is 0.306 e. The minimum Gasteiger partial charge on any atom is -0.306 e. The fourth-order valence-corrected chi connectivity index (χ4v) is 3.56. The minimum absolute atomic E-state index is 0.0127. The summed E-state index contributed by atoms with van der Waals surface area (Å²) in [6, 6.07) is 8.11. The van der Waals surface area contributed by atoms with Crippen LogP contribution < -0.4 is 5.69 Å². The molecule has 1 aliphatic rings. The van der Waals surface area contributed by atoms with Crippen molar-refractivity contribution in [3.8, 4) is 0 Å². The zero-order valence-corrected chi connectivity index (χ0v) is 13.4. The number of hydrogen-bond acceptors (Lipinski definition) is 3. The number of piperidine rings is 1. The second-order valence-corrected chi connectivity index (χ2v) is 6.43. The third-order valence-corrected chi connectivity index (χ3v) is 4.92. The normalized spacial score (nSPS) is 17.1. The van der Waals surface area contributed by atoms with E-state index in [0.717, 1.165) is 49.2 Å². The molecule has 1 fully saturated rings. The number of nitrogens with one attached hydrogen (secondary N) is 2. The summed E-state index contributed by atoms with van der Waals surface area (Å²) < 4.78 is 1.91. The van der Waals surface area contributed by atoms with Crippen molar-refractivity contribution in [2.75, 3.05) is 13.1 Å². The summed E-state index contributed by atoms with van der Waals surface area (Å²) in [6.07, 6.45) is 3.54. The van der Waals surface area contributed by atoms with Crippen LogP contribution in [0.2, 0.25) is 5.02 Å². The Morgan fingerprint density at radius 1 is 1.26 bits per heavy atom. The summed E-state index contributed by atoms with van der Waals surface area (Å²) in [7, 11) is 0. The molecule has 0 unspecified atom stereocenters. The molecule has 23 heavy (non-hydrogen) atoms. The first-order chi connectivity index (χ1) is 11.2. The Balaban J connectivity index is 1.50. The van der Waals surface area contributed by atoms with Crippen molar-refractivity contribution in [3.05, 3.63) is 51.7 Å². The first-order valence-corrected chi connectivity index (χ1v) is 8.19. The second-order valence-electron chi connectivity index (χ2n) is 6.02. The van der Waals surface area contributed by atoms with Crippen LogP contribution in [0.5, 0.6) is 0 Å². The minimum atomic E-state index is -0.0127. The molecule has 3 heterocycles. The number of nitrogens with zero attached hydrogens (tertiary/aromatic N) is 3. The van der Waals surface area contributed by atoms with Gasteiger partial charge in [0, 0.05) is 25.7 Å². The number of hydrogen-bond donors (Lipinski definition) is 2. The van der Waals surface area contributed by atoms with Crippen molar-refractivity contribution >= 4 is 22.6 Å². The van der Waals surface area contributed by atoms with Crippen molar-refractivity contribution in [1.82, 2.24) is 24.6 Å². The zero-order valence-electron chi connectivity index (χ0n) is 12.6. The summed E-state index contributed by atoms with van der Waals surface area (Å²) >= 11 is 6.09. The monoisotopic (exact) mass is 331 g/mol. The van der Waals surface area contributed by atoms with Crippen molar-refractivity contribution < 1.29 is 0 Å². The van der Waals surface area contributed by atoms with Gasteiger partial charge in [-0.05, 0) is 25.0 Å². The van der Waals surface area contributed by atoms with Crippen LogP contribution in [-0.2, 0) is 6.54 Å². The van der Waals surface area contributed by atoms with E-state index in [9.17, 15) is 4.79 Å². The maximum absolute atomic E-state index is 12.3. The topological polar surface area (TPSA) is 69.7 Å². The molecule has 0 aliphatic carbocycles. The molecular formula is C16H18ClN5O. The molecular weight excluding hydrogens is 314 g/mol. The van der Waals surface area contributed by atoms with Crippen molar-refractivity contribution in [1.29, 1.82) is 0 Å². The van der Waals surface area contributed by atoms with Gasteiger partial charge in [0.15, 0.2) is 0 Å². The Hall–Kier alpha value is -2.05. The molecule has 2 N–H and O–H groups in total. The summed E-state index contributed by atoms with van der Waals surface area (Å²) in [5.41, 5.74) is 2.84. The first kappa shape index (κ1) is 14.5. The lowest BCUT2D eigenvalue weighted by atomic mass is 10.0. The van der Waals surface area contributed by atoms with E-state index in [1.165, 1.54) is 0 Å². The Kier molecular flexibility index (Phi) is 3.71. The molecule has 0 radical (unpaired) electrons. The highest BCUT2D eigenvalue weighted by Crippen LogP contribution is 2.26. The maximum atomic E-state index is 12.3. The summed E-state index contributed by atoms with van der Waals surface area (Å²) in [5, 5.41) is 7.58. The third-order valence-electron chi connectivity index (χ3n) is 4.59. The summed E-state index contributed by atoms with van der Waals surface area (Å²) in [5.74, 6) is 0. The van der Waals surface area contributed by atoms with Crippen molar-refractivity contribution in [2.45, 2.75) is 25.4 Å². The number of imidazole rings is 1. The first-order valence-electron chi connectivity index (χ1n) is 7.82. The van der Waals surface area contributed by atoms with E-state index in [2.05, 4.69) is 20.1 Å². The Labute approximate surface area is 138 Å². The fourth-order valence-electron chi connectivity index (χ4n) is 3.41. The highest BCUT2D eigenvalue weighted by Gasteiger charge is 2.24. The van der Waals surface area contributed by atoms with E-state index in [-0.39, 0.29) is 11.7 Å². The van der Waals surface area contributed by atoms with E-state index in [4.69, 9.17) is 11.6 Å². The quantitative estimate of drug-likeness (QED) is 0.775. The van der Waals surface area contributed by atoms with Crippen molar-refractivity contribution in [2.24, 2.45) is 0 Å². The van der Waals surface area contributed by atoms with Gasteiger partial charge in [0.25, 0.3) is 0 Å². The van der Waals surface area contributed by atoms with Crippen LogP contribution >= 0.6 is 11.6 Å². The molecule has 1 aromatic carbocycles. The van der Waals surface area contributed by atoms with Crippen molar-refractivity contribution in [3.63, 3.8) is 0 Å². The number of H-pyrrole nitrogens is 2. The van der Waals surface area contributed by atoms with E-state index in [1.807, 2.05) is 28.8 Å². The largest absolute Gasteiger partial charge is 0.326 e. The predicted molar refractivity (Wildman–Crippen MR) is 89.7 cm³/mol. The Bertz CT molecular complexity index is 872. The highest BCUT2D eigenvalue weighted by molar-refractivity contribution is 6.31. The number of likely N-dealkylation sites (tertiary alicyclic amines) is 1. The average Bonchev–Trinajstić information content (AvgIpc) is 3.11. The van der Waals surface area contributed by atoms with Crippen LogP contribution in [0.25, 0.3) is 11.0 Å². The molecule has 2 aromatic heterocycles. The van der Waals surface area contributed by atoms with Gasteiger partial charge in [-0.25, -0.2) is 4.79 Å². The highest BCUT2D eigenvalue weighted by atomic mass is 35.5. The molecule has 4 rings (SSSR count). The van der Waals surface area contributed by atoms with E-state index in [0.29, 0.717) is 5.02 Å². The molecule has 3 aromatic rings. The summed E-state index contributed by atoms with van der Waals surface area (Å²) in [6.45, 7) is 2.65. The van der Waals surface area contributed by atoms with Crippen LogP contribution in [0.1, 0.15) is 24.6 Å². The lowest BCUT2D eigenvalue weighted by molar-refractivity contribution is 0.178. The second kappa shape index (κ2) is 5.86. The molecule has 0 amide bonds. The van der Waals surface area contributed by atoms with Crippen LogP contribution in [0.4, 0.5) is 0 Å². The summed E-state index contributed by atoms with van der Waals surface area (Å²) in [4.78, 5) is 17.6. The van der Waals surface area contributed by atoms with Gasteiger partial charge in [0.05, 0.1) is 27.9 Å². The van der Waals surface area contributed by atoms with Gasteiger partial charge in [-0.2, -0.15) is 5.10 Å². The van der Waals surface area contributed by atoms with E-state index in [1.54, 1.807) is 6.20 Å². The van der Waals surface area contributed by atoms with Gasteiger partial charge >= 0.3 is 5.69 Å². The van der Waals surface area contributed by atoms with E-state index < -0.39 is 0 Å². The van der Waals surface area contributed by atoms with Gasteiger partial charge < -0.3 is 4.98 Å². The molecule has 0 saturated carbocycles. The number of benzene rings is 1. The van der Waals surface area contributed by atoms with Crippen LogP contribution in [0, 0.1) is 0 Å². The number of aromatic nitrogens is 4. The molecule has 6 nitrogen and oxygen atoms in total. The molecule has 7 heteroatoms. The predicted octanol–water partition coefficient (Wildman–Crippen LogP) is 2.54. The Morgan fingerprint density at radius 3 is 2.78 bits per heavy atom. The van der Waals surface area contributed by atoms with Gasteiger partial charge in [0.1, 0.15) is 0 Å². The SMILES string of the molecule is O=c1[nH]c2ccccc2n1C1CCN(Cc2[nH]ncc2Cl)CC1. The molecule has 1 saturated heterocycles. The number of para-hydroxylation sites is 2. The van der Waals surface area contributed by atoms with Gasteiger partial charge in [-0.3, -0.25) is 14.6 Å². The zero-order chi connectivity index (χ0) is 15.8.